The van der Waals surface area contributed by atoms with Gasteiger partial charge in [0.2, 0.25) is 0 Å². The molecule has 1 aliphatic rings. The van der Waals surface area contributed by atoms with E-state index in [2.05, 4.69) is 34.9 Å². The Morgan fingerprint density at radius 1 is 1.00 bits per heavy atom. The second-order valence-corrected chi connectivity index (χ2v) is 7.27. The molecule has 0 unspecified atom stereocenters. The van der Waals surface area contributed by atoms with Crippen molar-refractivity contribution in [2.75, 3.05) is 46.4 Å². The van der Waals surface area contributed by atoms with Crippen molar-refractivity contribution in [3.63, 3.8) is 0 Å². The van der Waals surface area contributed by atoms with E-state index in [-0.39, 0.29) is 0 Å². The standard InChI is InChI=1S/C22H35N3O2/c1-3-4-5-6-7-17-27-21-10-9-20(18-22(21)26-2)19-25-15-13-24(14-16-25)12-8-11-23/h9-10,18H,3-8,12-17,19H2,1-2H3. The molecule has 5 nitrogen and oxygen atoms in total. The number of nitriles is 1. The Labute approximate surface area is 164 Å². The Bertz CT molecular complexity index is 577. The highest BCUT2D eigenvalue weighted by Gasteiger charge is 2.17. The molecular weight excluding hydrogens is 338 g/mol. The maximum Gasteiger partial charge on any atom is 0.161 e. The summed E-state index contributed by atoms with van der Waals surface area (Å²) in [6.45, 7) is 8.98. The van der Waals surface area contributed by atoms with Crippen LogP contribution >= 0.6 is 0 Å². The molecule has 27 heavy (non-hydrogen) atoms. The number of nitrogens with zero attached hydrogens (tertiary/aromatic N) is 3. The molecule has 0 spiro atoms. The van der Waals surface area contributed by atoms with Crippen LogP contribution in [0, 0.1) is 11.3 Å². The zero-order valence-electron chi connectivity index (χ0n) is 17.1. The van der Waals surface area contributed by atoms with E-state index >= 15 is 0 Å². The van der Waals surface area contributed by atoms with Gasteiger partial charge in [0.05, 0.1) is 19.8 Å². The van der Waals surface area contributed by atoms with E-state index in [0.29, 0.717) is 6.42 Å². The topological polar surface area (TPSA) is 48.7 Å². The van der Waals surface area contributed by atoms with Gasteiger partial charge in [0.1, 0.15) is 0 Å². The van der Waals surface area contributed by atoms with Crippen LogP contribution in [0.4, 0.5) is 0 Å². The van der Waals surface area contributed by atoms with E-state index in [1.807, 2.05) is 6.07 Å². The highest BCUT2D eigenvalue weighted by Crippen LogP contribution is 2.29. The average Bonchev–Trinajstić information content (AvgIpc) is 2.70. The number of rotatable bonds is 12. The van der Waals surface area contributed by atoms with Crippen LogP contribution in [0.1, 0.15) is 51.0 Å². The molecule has 0 atom stereocenters. The van der Waals surface area contributed by atoms with Crippen LogP contribution < -0.4 is 9.47 Å². The van der Waals surface area contributed by atoms with Crippen molar-refractivity contribution >= 4 is 0 Å². The first-order valence-corrected chi connectivity index (χ1v) is 10.4. The van der Waals surface area contributed by atoms with Gasteiger partial charge >= 0.3 is 0 Å². The summed E-state index contributed by atoms with van der Waals surface area (Å²) in [5, 5.41) is 8.71. The van der Waals surface area contributed by atoms with Gasteiger partial charge in [-0.2, -0.15) is 5.26 Å². The Morgan fingerprint density at radius 2 is 1.74 bits per heavy atom. The lowest BCUT2D eigenvalue weighted by Crippen LogP contribution is -2.46. The Balaban J connectivity index is 1.77. The molecule has 0 aromatic heterocycles. The lowest BCUT2D eigenvalue weighted by atomic mass is 10.1. The number of benzene rings is 1. The SMILES string of the molecule is CCCCCCCOc1ccc(CN2CCN(CCC#N)CC2)cc1OC. The molecule has 2 rings (SSSR count). The number of methoxy groups -OCH3 is 1. The van der Waals surface area contributed by atoms with Gasteiger partial charge in [-0.15, -0.1) is 0 Å². The first-order valence-electron chi connectivity index (χ1n) is 10.4. The molecule has 1 fully saturated rings. The Kier molecular flexibility index (Phi) is 10.0. The van der Waals surface area contributed by atoms with E-state index < -0.39 is 0 Å². The highest BCUT2D eigenvalue weighted by atomic mass is 16.5. The maximum absolute atomic E-state index is 8.71. The zero-order chi connectivity index (χ0) is 19.3. The van der Waals surface area contributed by atoms with Gasteiger partial charge < -0.3 is 9.47 Å². The first kappa shape index (κ1) is 21.5. The minimum atomic E-state index is 0.622. The average molecular weight is 374 g/mol. The molecular formula is C22H35N3O2. The van der Waals surface area contributed by atoms with E-state index in [4.69, 9.17) is 14.7 Å². The summed E-state index contributed by atoms with van der Waals surface area (Å²) >= 11 is 0. The first-order chi connectivity index (χ1) is 13.3. The molecule has 1 aromatic carbocycles. The summed E-state index contributed by atoms with van der Waals surface area (Å²) < 4.78 is 11.5. The van der Waals surface area contributed by atoms with E-state index in [1.54, 1.807) is 7.11 Å². The zero-order valence-corrected chi connectivity index (χ0v) is 17.1. The van der Waals surface area contributed by atoms with Crippen LogP contribution in [0.5, 0.6) is 11.5 Å². The van der Waals surface area contributed by atoms with Gasteiger partial charge in [-0.1, -0.05) is 38.7 Å². The predicted molar refractivity (Wildman–Crippen MR) is 109 cm³/mol. The highest BCUT2D eigenvalue weighted by molar-refractivity contribution is 5.43. The lowest BCUT2D eigenvalue weighted by Gasteiger charge is -2.34. The summed E-state index contributed by atoms with van der Waals surface area (Å²) in [4.78, 5) is 4.84. The van der Waals surface area contributed by atoms with Gasteiger partial charge in [0.25, 0.3) is 0 Å². The van der Waals surface area contributed by atoms with Crippen molar-refractivity contribution in [2.24, 2.45) is 0 Å². The molecule has 1 heterocycles. The number of ether oxygens (including phenoxy) is 2. The summed E-state index contributed by atoms with van der Waals surface area (Å²) in [6, 6.07) is 8.53. The molecule has 0 aliphatic carbocycles. The molecule has 0 radical (unpaired) electrons. The van der Waals surface area contributed by atoms with Crippen molar-refractivity contribution in [2.45, 2.75) is 52.0 Å². The minimum Gasteiger partial charge on any atom is -0.493 e. The van der Waals surface area contributed by atoms with Crippen molar-refractivity contribution in [3.05, 3.63) is 23.8 Å². The quantitative estimate of drug-likeness (QED) is 0.517. The van der Waals surface area contributed by atoms with Crippen LogP contribution in [-0.2, 0) is 6.54 Å². The molecule has 1 saturated heterocycles. The molecule has 5 heteroatoms. The minimum absolute atomic E-state index is 0.622. The summed E-state index contributed by atoms with van der Waals surface area (Å²) in [5.74, 6) is 1.67. The lowest BCUT2D eigenvalue weighted by molar-refractivity contribution is 0.129. The summed E-state index contributed by atoms with van der Waals surface area (Å²) in [6.07, 6.45) is 6.82. The second-order valence-electron chi connectivity index (χ2n) is 7.27. The van der Waals surface area contributed by atoms with Crippen molar-refractivity contribution < 1.29 is 9.47 Å². The van der Waals surface area contributed by atoms with Crippen molar-refractivity contribution in [1.82, 2.24) is 9.80 Å². The van der Waals surface area contributed by atoms with Crippen LogP contribution in [-0.4, -0.2) is 56.2 Å². The van der Waals surface area contributed by atoms with E-state index in [0.717, 1.165) is 63.8 Å². The largest absolute Gasteiger partial charge is 0.493 e. The second kappa shape index (κ2) is 12.6. The normalized spacial score (nSPS) is 15.4. The van der Waals surface area contributed by atoms with Crippen molar-refractivity contribution in [3.8, 4) is 17.6 Å². The van der Waals surface area contributed by atoms with E-state index in [1.165, 1.54) is 31.2 Å². The molecule has 1 aromatic rings. The fraction of sp³-hybridized carbons (Fsp3) is 0.682. The third kappa shape index (κ3) is 7.78. The van der Waals surface area contributed by atoms with Crippen LogP contribution in [0.3, 0.4) is 0 Å². The number of unbranched alkanes of at least 4 members (excludes halogenated alkanes) is 4. The predicted octanol–water partition coefficient (Wildman–Crippen LogP) is 4.08. The Hall–Kier alpha value is -1.77. The number of hydrogen-bond acceptors (Lipinski definition) is 5. The molecule has 0 N–H and O–H groups in total. The maximum atomic E-state index is 8.71. The third-order valence-corrected chi connectivity index (χ3v) is 5.14. The summed E-state index contributed by atoms with van der Waals surface area (Å²) in [7, 11) is 1.71. The number of hydrogen-bond donors (Lipinski definition) is 0. The third-order valence-electron chi connectivity index (χ3n) is 5.14. The van der Waals surface area contributed by atoms with Gasteiger partial charge in [-0.05, 0) is 24.1 Å². The van der Waals surface area contributed by atoms with E-state index in [9.17, 15) is 0 Å². The number of piperazine rings is 1. The van der Waals surface area contributed by atoms with Crippen LogP contribution in [0.25, 0.3) is 0 Å². The van der Waals surface area contributed by atoms with Gasteiger partial charge in [0, 0.05) is 45.7 Å². The summed E-state index contributed by atoms with van der Waals surface area (Å²) in [5.41, 5.74) is 1.26. The van der Waals surface area contributed by atoms with Crippen molar-refractivity contribution in [1.29, 1.82) is 5.26 Å². The molecule has 0 amide bonds. The fourth-order valence-corrected chi connectivity index (χ4v) is 3.45. The van der Waals surface area contributed by atoms with Gasteiger partial charge in [-0.25, -0.2) is 0 Å². The molecule has 150 valence electrons. The molecule has 0 saturated carbocycles. The van der Waals surface area contributed by atoms with Crippen LogP contribution in [0.15, 0.2) is 18.2 Å². The smallest absolute Gasteiger partial charge is 0.161 e. The Morgan fingerprint density at radius 3 is 2.44 bits per heavy atom. The monoisotopic (exact) mass is 373 g/mol. The molecule has 0 bridgehead atoms. The van der Waals surface area contributed by atoms with Gasteiger partial charge in [0.15, 0.2) is 11.5 Å². The molecule has 1 aliphatic heterocycles. The van der Waals surface area contributed by atoms with Gasteiger partial charge in [-0.3, -0.25) is 9.80 Å². The van der Waals surface area contributed by atoms with Crippen LogP contribution in [0.2, 0.25) is 0 Å². The fourth-order valence-electron chi connectivity index (χ4n) is 3.45.